The van der Waals surface area contributed by atoms with Gasteiger partial charge < -0.3 is 5.32 Å². The molecular weight excluding hydrogens is 375 g/mol. The molecule has 0 saturated heterocycles. The van der Waals surface area contributed by atoms with Crippen LogP contribution < -0.4 is 16.6 Å². The molecule has 0 radical (unpaired) electrons. The van der Waals surface area contributed by atoms with Gasteiger partial charge in [0.05, 0.1) is 5.69 Å². The topological polar surface area (TPSA) is 86.0 Å². The number of carbonyl (C=O) groups excluding carboxylic acids is 1. The number of carbonyl (C=O) groups is 1. The van der Waals surface area contributed by atoms with Crippen molar-refractivity contribution in [1.29, 1.82) is 0 Å². The third-order valence-electron chi connectivity index (χ3n) is 3.83. The first-order valence-electron chi connectivity index (χ1n) is 7.86. The van der Waals surface area contributed by atoms with Gasteiger partial charge in [-0.2, -0.15) is 9.78 Å². The van der Waals surface area contributed by atoms with Crippen molar-refractivity contribution in [2.75, 3.05) is 0 Å². The van der Waals surface area contributed by atoms with Gasteiger partial charge in [0, 0.05) is 18.6 Å². The Morgan fingerprint density at radius 1 is 1.11 bits per heavy atom. The van der Waals surface area contributed by atoms with Crippen LogP contribution in [0.3, 0.4) is 0 Å². The van der Waals surface area contributed by atoms with Crippen LogP contribution in [0.5, 0.6) is 0 Å². The van der Waals surface area contributed by atoms with Crippen molar-refractivity contribution in [3.8, 4) is 5.69 Å². The largest absolute Gasteiger partial charge is 0.351 e. The molecule has 138 valence electrons. The molecule has 1 amide bonds. The van der Waals surface area contributed by atoms with Crippen LogP contribution in [0.1, 0.15) is 16.1 Å². The average Bonchev–Trinajstić information content (AvgIpc) is 2.66. The second kappa shape index (κ2) is 7.55. The summed E-state index contributed by atoms with van der Waals surface area (Å²) in [6.45, 7) is 0.0734. The predicted molar refractivity (Wildman–Crippen MR) is 97.7 cm³/mol. The summed E-state index contributed by atoms with van der Waals surface area (Å²) in [5.74, 6) is -1.14. The molecule has 0 spiro atoms. The van der Waals surface area contributed by atoms with Crippen LogP contribution in [0.4, 0.5) is 4.39 Å². The van der Waals surface area contributed by atoms with E-state index in [9.17, 15) is 18.8 Å². The highest BCUT2D eigenvalue weighted by molar-refractivity contribution is 6.30. The number of amides is 1. The van der Waals surface area contributed by atoms with E-state index in [1.54, 1.807) is 24.3 Å². The number of halogens is 2. The van der Waals surface area contributed by atoms with Crippen molar-refractivity contribution < 1.29 is 9.18 Å². The zero-order valence-corrected chi connectivity index (χ0v) is 14.9. The molecule has 2 aromatic carbocycles. The molecule has 27 heavy (non-hydrogen) atoms. The van der Waals surface area contributed by atoms with Crippen LogP contribution in [0.25, 0.3) is 5.69 Å². The first kappa shape index (κ1) is 18.5. The highest BCUT2D eigenvalue weighted by Crippen LogP contribution is 2.11. The van der Waals surface area contributed by atoms with Crippen molar-refractivity contribution in [3.05, 3.63) is 91.5 Å². The van der Waals surface area contributed by atoms with Gasteiger partial charge >= 0.3 is 5.69 Å². The number of nitrogens with one attached hydrogen (secondary N) is 1. The fraction of sp³-hybridized carbons (Fsp3) is 0.111. The molecule has 3 aromatic rings. The Balaban J connectivity index is 1.93. The Morgan fingerprint density at radius 3 is 2.37 bits per heavy atom. The molecule has 0 aliphatic heterocycles. The highest BCUT2D eigenvalue weighted by Gasteiger charge is 2.18. The lowest BCUT2D eigenvalue weighted by atomic mass is 10.2. The molecule has 0 bridgehead atoms. The van der Waals surface area contributed by atoms with Crippen molar-refractivity contribution in [2.24, 2.45) is 7.05 Å². The first-order valence-corrected chi connectivity index (χ1v) is 8.23. The van der Waals surface area contributed by atoms with Crippen molar-refractivity contribution in [3.63, 3.8) is 0 Å². The molecular formula is C18H14ClFN4O3. The molecule has 7 nitrogen and oxygen atoms in total. The fourth-order valence-corrected chi connectivity index (χ4v) is 2.46. The minimum Gasteiger partial charge on any atom is -0.346 e. The third kappa shape index (κ3) is 3.95. The summed E-state index contributed by atoms with van der Waals surface area (Å²) in [6.07, 6.45) is 0. The molecule has 1 N–H and O–H groups in total. The molecule has 0 fully saturated rings. The molecule has 1 heterocycles. The van der Waals surface area contributed by atoms with E-state index in [0.717, 1.165) is 9.25 Å². The van der Waals surface area contributed by atoms with Crippen LogP contribution in [-0.2, 0) is 13.6 Å². The Bertz CT molecular complexity index is 1110. The molecule has 3 rings (SSSR count). The van der Waals surface area contributed by atoms with Crippen LogP contribution in [-0.4, -0.2) is 20.3 Å². The molecule has 0 aliphatic carbocycles. The van der Waals surface area contributed by atoms with E-state index < -0.39 is 28.7 Å². The maximum atomic E-state index is 12.9. The normalized spacial score (nSPS) is 10.6. The molecule has 9 heteroatoms. The van der Waals surface area contributed by atoms with Crippen LogP contribution in [0.15, 0.2) is 58.1 Å². The SMILES string of the molecule is Cn1c(=O)c(C(=O)NCc2ccc(F)cc2)nn(-c2ccc(Cl)cc2)c1=O. The quantitative estimate of drug-likeness (QED) is 0.736. The van der Waals surface area contributed by atoms with Gasteiger partial charge in [-0.15, -0.1) is 0 Å². The van der Waals surface area contributed by atoms with Crippen molar-refractivity contribution in [1.82, 2.24) is 19.7 Å². The third-order valence-corrected chi connectivity index (χ3v) is 4.08. The summed E-state index contributed by atoms with van der Waals surface area (Å²) >= 11 is 5.84. The summed E-state index contributed by atoms with van der Waals surface area (Å²) in [5.41, 5.74) is -0.950. The molecule has 0 aliphatic rings. The zero-order valence-electron chi connectivity index (χ0n) is 14.1. The van der Waals surface area contributed by atoms with E-state index >= 15 is 0 Å². The number of hydrogen-bond acceptors (Lipinski definition) is 4. The number of hydrogen-bond donors (Lipinski definition) is 1. The van der Waals surface area contributed by atoms with E-state index in [-0.39, 0.29) is 6.54 Å². The fourth-order valence-electron chi connectivity index (χ4n) is 2.33. The summed E-state index contributed by atoms with van der Waals surface area (Å²) in [6, 6.07) is 11.8. The van der Waals surface area contributed by atoms with Gasteiger partial charge in [0.2, 0.25) is 5.69 Å². The van der Waals surface area contributed by atoms with Crippen LogP contribution >= 0.6 is 11.6 Å². The molecule has 1 aromatic heterocycles. The monoisotopic (exact) mass is 388 g/mol. The minimum atomic E-state index is -0.818. The maximum absolute atomic E-state index is 12.9. The van der Waals surface area contributed by atoms with Crippen LogP contribution in [0.2, 0.25) is 5.02 Å². The summed E-state index contributed by atoms with van der Waals surface area (Å²) < 4.78 is 14.7. The zero-order chi connectivity index (χ0) is 19.6. The highest BCUT2D eigenvalue weighted by atomic mass is 35.5. The lowest BCUT2D eigenvalue weighted by molar-refractivity contribution is 0.0941. The Hall–Kier alpha value is -3.26. The van der Waals surface area contributed by atoms with E-state index in [1.807, 2.05) is 0 Å². The average molecular weight is 389 g/mol. The van der Waals surface area contributed by atoms with E-state index in [4.69, 9.17) is 11.6 Å². The van der Waals surface area contributed by atoms with Gasteiger partial charge in [-0.1, -0.05) is 23.7 Å². The summed E-state index contributed by atoms with van der Waals surface area (Å²) in [7, 11) is 1.26. The van der Waals surface area contributed by atoms with Crippen LogP contribution in [0, 0.1) is 5.82 Å². The Labute approximate surface area is 157 Å². The van der Waals surface area contributed by atoms with Crippen molar-refractivity contribution >= 4 is 17.5 Å². The number of nitrogens with zero attached hydrogens (tertiary/aromatic N) is 3. The lowest BCUT2D eigenvalue weighted by Crippen LogP contribution is -2.44. The second-order valence-corrected chi connectivity index (χ2v) is 6.13. The molecule has 0 unspecified atom stereocenters. The van der Waals surface area contributed by atoms with Gasteiger partial charge in [0.15, 0.2) is 0 Å². The van der Waals surface area contributed by atoms with Gasteiger partial charge in [-0.3, -0.25) is 14.2 Å². The predicted octanol–water partition coefficient (Wildman–Crippen LogP) is 1.65. The number of aromatic nitrogens is 3. The van der Waals surface area contributed by atoms with Gasteiger partial charge in [-0.25, -0.2) is 9.18 Å². The van der Waals surface area contributed by atoms with E-state index in [2.05, 4.69) is 10.4 Å². The first-order chi connectivity index (χ1) is 12.9. The van der Waals surface area contributed by atoms with Gasteiger partial charge in [0.1, 0.15) is 5.82 Å². The maximum Gasteiger partial charge on any atom is 0.351 e. The summed E-state index contributed by atoms with van der Waals surface area (Å²) in [5, 5.41) is 6.92. The molecule has 0 atom stereocenters. The standard InChI is InChI=1S/C18H14ClFN4O3/c1-23-17(26)15(16(25)21-10-11-2-6-13(20)7-3-11)22-24(18(23)27)14-8-4-12(19)5-9-14/h2-9H,10H2,1H3,(H,21,25). The van der Waals surface area contributed by atoms with Crippen molar-refractivity contribution in [2.45, 2.75) is 6.54 Å². The summed E-state index contributed by atoms with van der Waals surface area (Å²) in [4.78, 5) is 37.0. The van der Waals surface area contributed by atoms with Gasteiger partial charge in [-0.05, 0) is 42.0 Å². The lowest BCUT2D eigenvalue weighted by Gasteiger charge is -2.10. The second-order valence-electron chi connectivity index (χ2n) is 5.69. The van der Waals surface area contributed by atoms with E-state index in [0.29, 0.717) is 16.3 Å². The number of benzene rings is 2. The van der Waals surface area contributed by atoms with Gasteiger partial charge in [0.25, 0.3) is 11.5 Å². The Morgan fingerprint density at radius 2 is 1.74 bits per heavy atom. The molecule has 0 saturated carbocycles. The number of rotatable bonds is 4. The van der Waals surface area contributed by atoms with E-state index in [1.165, 1.54) is 31.3 Å². The smallest absolute Gasteiger partial charge is 0.346 e. The Kier molecular flexibility index (Phi) is 5.18. The minimum absolute atomic E-state index is 0.0734.